The maximum atomic E-state index is 13.3. The SMILES string of the molecule is CCn1nc(C)c(C(=O)ON2C(=O)c3ccccc3C2=O)c1C(F)F. The van der Waals surface area contributed by atoms with Crippen LogP contribution in [0.4, 0.5) is 8.78 Å². The highest BCUT2D eigenvalue weighted by molar-refractivity contribution is 6.21. The fraction of sp³-hybridized carbons (Fsp3) is 0.250. The molecule has 25 heavy (non-hydrogen) atoms. The van der Waals surface area contributed by atoms with Crippen LogP contribution in [0.1, 0.15) is 55.8 Å². The van der Waals surface area contributed by atoms with Crippen LogP contribution in [-0.2, 0) is 11.4 Å². The molecule has 0 saturated heterocycles. The standard InChI is InChI=1S/C16H13F2N3O4/c1-3-20-12(13(17)18)11(8(2)19-20)16(24)25-21-14(22)9-6-4-5-7-10(9)15(21)23/h4-7,13H,3H2,1-2H3. The van der Waals surface area contributed by atoms with E-state index in [9.17, 15) is 23.2 Å². The Morgan fingerprint density at radius 2 is 1.76 bits per heavy atom. The van der Waals surface area contributed by atoms with E-state index in [4.69, 9.17) is 4.84 Å². The molecule has 0 atom stereocenters. The van der Waals surface area contributed by atoms with Crippen molar-refractivity contribution in [1.29, 1.82) is 0 Å². The van der Waals surface area contributed by atoms with Crippen LogP contribution in [0.5, 0.6) is 0 Å². The van der Waals surface area contributed by atoms with Gasteiger partial charge in [-0.1, -0.05) is 17.2 Å². The van der Waals surface area contributed by atoms with E-state index in [2.05, 4.69) is 5.10 Å². The van der Waals surface area contributed by atoms with Crippen LogP contribution >= 0.6 is 0 Å². The second kappa shape index (κ2) is 6.08. The molecule has 0 spiro atoms. The quantitative estimate of drug-likeness (QED) is 0.792. The number of fused-ring (bicyclic) bond motifs is 1. The highest BCUT2D eigenvalue weighted by Crippen LogP contribution is 2.28. The number of hydrogen-bond donors (Lipinski definition) is 0. The molecule has 7 nitrogen and oxygen atoms in total. The summed E-state index contributed by atoms with van der Waals surface area (Å²) in [5.41, 5.74) is -0.875. The van der Waals surface area contributed by atoms with E-state index < -0.39 is 35.5 Å². The lowest BCUT2D eigenvalue weighted by Crippen LogP contribution is -2.33. The van der Waals surface area contributed by atoms with Crippen LogP contribution < -0.4 is 0 Å². The first kappa shape index (κ1) is 16.7. The number of hydroxylamine groups is 2. The normalized spacial score (nSPS) is 13.6. The van der Waals surface area contributed by atoms with Gasteiger partial charge in [0.05, 0.1) is 16.8 Å². The van der Waals surface area contributed by atoms with Crippen molar-refractivity contribution >= 4 is 17.8 Å². The Hall–Kier alpha value is -3.10. The van der Waals surface area contributed by atoms with Gasteiger partial charge in [-0.3, -0.25) is 14.3 Å². The third kappa shape index (κ3) is 2.57. The van der Waals surface area contributed by atoms with Crippen molar-refractivity contribution in [2.24, 2.45) is 0 Å². The first-order chi connectivity index (χ1) is 11.9. The molecule has 2 aromatic rings. The third-order valence-electron chi connectivity index (χ3n) is 3.81. The average molecular weight is 349 g/mol. The van der Waals surface area contributed by atoms with Crippen molar-refractivity contribution in [2.75, 3.05) is 0 Å². The zero-order valence-electron chi connectivity index (χ0n) is 13.3. The molecule has 0 fully saturated rings. The van der Waals surface area contributed by atoms with Gasteiger partial charge >= 0.3 is 5.97 Å². The van der Waals surface area contributed by atoms with Gasteiger partial charge in [-0.25, -0.2) is 13.6 Å². The van der Waals surface area contributed by atoms with Gasteiger partial charge in [0.25, 0.3) is 18.2 Å². The zero-order valence-corrected chi connectivity index (χ0v) is 13.3. The number of aromatic nitrogens is 2. The smallest absolute Gasteiger partial charge is 0.324 e. The van der Waals surface area contributed by atoms with Crippen LogP contribution in [0.2, 0.25) is 0 Å². The molecule has 0 saturated carbocycles. The van der Waals surface area contributed by atoms with Crippen LogP contribution in [-0.4, -0.2) is 32.6 Å². The minimum absolute atomic E-state index is 0.0266. The number of rotatable bonds is 4. The number of amides is 2. The summed E-state index contributed by atoms with van der Waals surface area (Å²) in [6, 6.07) is 5.93. The minimum Gasteiger partial charge on any atom is -0.324 e. The Kier molecular flexibility index (Phi) is 4.07. The zero-order chi connectivity index (χ0) is 18.3. The lowest BCUT2D eigenvalue weighted by Gasteiger charge is -2.13. The number of benzene rings is 1. The molecule has 0 aliphatic carbocycles. The summed E-state index contributed by atoms with van der Waals surface area (Å²) in [7, 11) is 0. The molecule has 0 unspecified atom stereocenters. The van der Waals surface area contributed by atoms with Crippen molar-refractivity contribution < 1.29 is 28.0 Å². The Balaban J connectivity index is 1.94. The van der Waals surface area contributed by atoms with Gasteiger partial charge in [0.15, 0.2) is 0 Å². The molecule has 0 bridgehead atoms. The summed E-state index contributed by atoms with van der Waals surface area (Å²) in [5.74, 6) is -2.89. The summed E-state index contributed by atoms with van der Waals surface area (Å²) >= 11 is 0. The van der Waals surface area contributed by atoms with Crippen LogP contribution in [0, 0.1) is 6.92 Å². The number of halogens is 2. The number of carbonyl (C=O) groups is 3. The molecule has 0 N–H and O–H groups in total. The highest BCUT2D eigenvalue weighted by atomic mass is 19.3. The lowest BCUT2D eigenvalue weighted by atomic mass is 10.1. The summed E-state index contributed by atoms with van der Waals surface area (Å²) < 4.78 is 27.6. The van der Waals surface area contributed by atoms with Gasteiger partial charge in [-0.15, -0.1) is 0 Å². The predicted molar refractivity (Wildman–Crippen MR) is 80.0 cm³/mol. The molecule has 1 aromatic heterocycles. The molecule has 2 heterocycles. The fourth-order valence-electron chi connectivity index (χ4n) is 2.69. The summed E-state index contributed by atoms with van der Waals surface area (Å²) in [6.07, 6.45) is -2.97. The maximum Gasteiger partial charge on any atom is 0.367 e. The van der Waals surface area contributed by atoms with E-state index in [0.29, 0.717) is 0 Å². The number of aryl methyl sites for hydroxylation is 2. The van der Waals surface area contributed by atoms with Gasteiger partial charge in [-0.05, 0) is 26.0 Å². The molecule has 1 aliphatic heterocycles. The predicted octanol–water partition coefficient (Wildman–Crippen LogP) is 2.52. The van der Waals surface area contributed by atoms with Gasteiger partial charge in [0.2, 0.25) is 0 Å². The molecule has 1 aromatic carbocycles. The number of carbonyl (C=O) groups excluding carboxylic acids is 3. The van der Waals surface area contributed by atoms with Gasteiger partial charge < -0.3 is 4.84 Å². The van der Waals surface area contributed by atoms with Crippen molar-refractivity contribution in [1.82, 2.24) is 14.8 Å². The molecule has 0 radical (unpaired) electrons. The van der Waals surface area contributed by atoms with Crippen molar-refractivity contribution in [3.8, 4) is 0 Å². The summed E-state index contributed by atoms with van der Waals surface area (Å²) in [5, 5.41) is 4.15. The van der Waals surface area contributed by atoms with E-state index in [1.165, 1.54) is 19.1 Å². The van der Waals surface area contributed by atoms with E-state index in [-0.39, 0.29) is 28.4 Å². The second-order valence-corrected chi connectivity index (χ2v) is 5.29. The first-order valence-electron chi connectivity index (χ1n) is 7.42. The minimum atomic E-state index is -2.97. The molecule has 9 heteroatoms. The number of alkyl halides is 2. The first-order valence-corrected chi connectivity index (χ1v) is 7.42. The van der Waals surface area contributed by atoms with Crippen LogP contribution in [0.3, 0.4) is 0 Å². The van der Waals surface area contributed by atoms with Gasteiger partial charge in [0, 0.05) is 6.54 Å². The molecule has 130 valence electrons. The molecular formula is C16H13F2N3O4. The third-order valence-corrected chi connectivity index (χ3v) is 3.81. The number of nitrogens with zero attached hydrogens (tertiary/aromatic N) is 3. The van der Waals surface area contributed by atoms with Gasteiger partial charge in [0.1, 0.15) is 11.3 Å². The van der Waals surface area contributed by atoms with Crippen LogP contribution in [0.15, 0.2) is 24.3 Å². The maximum absolute atomic E-state index is 13.3. The van der Waals surface area contributed by atoms with E-state index >= 15 is 0 Å². The topological polar surface area (TPSA) is 81.5 Å². The van der Waals surface area contributed by atoms with Crippen molar-refractivity contribution in [3.05, 3.63) is 52.3 Å². The van der Waals surface area contributed by atoms with E-state index in [0.717, 1.165) is 4.68 Å². The number of imide groups is 1. The van der Waals surface area contributed by atoms with Gasteiger partial charge in [-0.2, -0.15) is 5.10 Å². The molecular weight excluding hydrogens is 336 g/mol. The fourth-order valence-corrected chi connectivity index (χ4v) is 2.69. The van der Waals surface area contributed by atoms with Crippen molar-refractivity contribution in [3.63, 3.8) is 0 Å². The Bertz CT molecular complexity index is 857. The number of hydrogen-bond acceptors (Lipinski definition) is 5. The highest BCUT2D eigenvalue weighted by Gasteiger charge is 2.40. The second-order valence-electron chi connectivity index (χ2n) is 5.29. The molecule has 1 aliphatic rings. The Labute approximate surface area is 140 Å². The average Bonchev–Trinajstić information content (AvgIpc) is 3.05. The largest absolute Gasteiger partial charge is 0.367 e. The monoisotopic (exact) mass is 349 g/mol. The summed E-state index contributed by atoms with van der Waals surface area (Å²) in [6.45, 7) is 3.09. The Morgan fingerprint density at radius 1 is 1.20 bits per heavy atom. The summed E-state index contributed by atoms with van der Waals surface area (Å²) in [4.78, 5) is 41.6. The van der Waals surface area contributed by atoms with E-state index in [1.807, 2.05) is 0 Å². The molecule has 2 amide bonds. The Morgan fingerprint density at radius 3 is 2.24 bits per heavy atom. The van der Waals surface area contributed by atoms with Crippen LogP contribution in [0.25, 0.3) is 0 Å². The lowest BCUT2D eigenvalue weighted by molar-refractivity contribution is -0.0588. The molecule has 3 rings (SSSR count). The van der Waals surface area contributed by atoms with Crippen molar-refractivity contribution in [2.45, 2.75) is 26.8 Å². The van der Waals surface area contributed by atoms with E-state index in [1.54, 1.807) is 19.1 Å².